The number of carbonyl (C=O) groups excluding carboxylic acids is 1. The Morgan fingerprint density at radius 1 is 0.783 bits per heavy atom. The van der Waals surface area contributed by atoms with Gasteiger partial charge in [-0.2, -0.15) is 0 Å². The number of esters is 1. The molecule has 0 saturated heterocycles. The Labute approximate surface area is 144 Å². The Balaban J connectivity index is 5.26. The van der Waals surface area contributed by atoms with E-state index in [2.05, 4.69) is 41.5 Å². The molecule has 0 aromatic rings. The number of hydrogen-bond donors (Lipinski definition) is 0. The monoisotopic (exact) mass is 328 g/mol. The highest BCUT2D eigenvalue weighted by molar-refractivity contribution is 5.78. The van der Waals surface area contributed by atoms with Crippen molar-refractivity contribution >= 4 is 5.97 Å². The lowest BCUT2D eigenvalue weighted by molar-refractivity contribution is -0.187. The number of ether oxygens (including phenoxy) is 2. The van der Waals surface area contributed by atoms with E-state index in [9.17, 15) is 4.79 Å². The maximum absolute atomic E-state index is 13.1. The van der Waals surface area contributed by atoms with Crippen LogP contribution >= 0.6 is 0 Å². The second-order valence-electron chi connectivity index (χ2n) is 10.9. The van der Waals surface area contributed by atoms with Crippen LogP contribution in [0.15, 0.2) is 0 Å². The smallest absolute Gasteiger partial charge is 0.312 e. The topological polar surface area (TPSA) is 35.5 Å². The van der Waals surface area contributed by atoms with Crippen molar-refractivity contribution < 1.29 is 14.3 Å². The first-order valence-corrected chi connectivity index (χ1v) is 8.67. The van der Waals surface area contributed by atoms with Crippen LogP contribution in [0.2, 0.25) is 0 Å². The minimum atomic E-state index is -0.644. The van der Waals surface area contributed by atoms with Gasteiger partial charge in [-0.25, -0.2) is 0 Å². The standard InChI is InChI=1S/C20H40O3/c1-16(2,3)13-20(12,17(4,5)6)15(21)23-19(10,11)14-22-18(7,8)9/h13-14H2,1-12H3. The molecule has 1 atom stereocenters. The van der Waals surface area contributed by atoms with Crippen molar-refractivity contribution in [3.63, 3.8) is 0 Å². The minimum absolute atomic E-state index is 0.0487. The van der Waals surface area contributed by atoms with E-state index < -0.39 is 11.0 Å². The zero-order valence-corrected chi connectivity index (χ0v) is 17.6. The van der Waals surface area contributed by atoms with E-state index in [0.29, 0.717) is 6.61 Å². The van der Waals surface area contributed by atoms with E-state index in [1.165, 1.54) is 0 Å². The summed E-state index contributed by atoms with van der Waals surface area (Å²) in [7, 11) is 0. The molecule has 0 saturated carbocycles. The van der Waals surface area contributed by atoms with E-state index in [0.717, 1.165) is 6.42 Å². The van der Waals surface area contributed by atoms with Gasteiger partial charge < -0.3 is 9.47 Å². The zero-order valence-electron chi connectivity index (χ0n) is 17.6. The molecule has 3 heteroatoms. The number of rotatable bonds is 5. The molecule has 0 amide bonds. The van der Waals surface area contributed by atoms with Crippen LogP contribution < -0.4 is 0 Å². The summed E-state index contributed by atoms with van der Waals surface area (Å²) < 4.78 is 11.7. The third-order valence-corrected chi connectivity index (χ3v) is 4.21. The number of hydrogen-bond acceptors (Lipinski definition) is 3. The lowest BCUT2D eigenvalue weighted by atomic mass is 9.61. The third kappa shape index (κ3) is 7.69. The van der Waals surface area contributed by atoms with Crippen LogP contribution in [0.3, 0.4) is 0 Å². The van der Waals surface area contributed by atoms with Gasteiger partial charge in [0.05, 0.1) is 17.6 Å². The van der Waals surface area contributed by atoms with Crippen molar-refractivity contribution in [3.05, 3.63) is 0 Å². The van der Waals surface area contributed by atoms with Gasteiger partial charge in [0.2, 0.25) is 0 Å². The van der Waals surface area contributed by atoms with E-state index in [1.54, 1.807) is 0 Å². The van der Waals surface area contributed by atoms with E-state index in [-0.39, 0.29) is 22.4 Å². The summed E-state index contributed by atoms with van der Waals surface area (Å²) in [6.45, 7) is 25.1. The van der Waals surface area contributed by atoms with Crippen LogP contribution in [-0.4, -0.2) is 23.8 Å². The molecule has 0 aliphatic carbocycles. The summed E-state index contributed by atoms with van der Waals surface area (Å²) in [4.78, 5) is 13.1. The van der Waals surface area contributed by atoms with Gasteiger partial charge in [0.15, 0.2) is 0 Å². The Morgan fingerprint density at radius 2 is 1.22 bits per heavy atom. The molecular weight excluding hydrogens is 288 g/mol. The molecule has 0 bridgehead atoms. The lowest BCUT2D eigenvalue weighted by Crippen LogP contribution is -2.48. The molecule has 0 aliphatic rings. The largest absolute Gasteiger partial charge is 0.457 e. The van der Waals surface area contributed by atoms with E-state index in [1.807, 2.05) is 41.5 Å². The van der Waals surface area contributed by atoms with Gasteiger partial charge in [0.25, 0.3) is 0 Å². The summed E-state index contributed by atoms with van der Waals surface area (Å²) in [5, 5.41) is 0. The Bertz CT molecular complexity index is 402. The van der Waals surface area contributed by atoms with Gasteiger partial charge in [-0.3, -0.25) is 4.79 Å². The summed E-state index contributed by atoms with van der Waals surface area (Å²) in [5.41, 5.74) is -1.58. The molecule has 0 heterocycles. The Hall–Kier alpha value is -0.570. The van der Waals surface area contributed by atoms with Crippen molar-refractivity contribution in [2.45, 2.75) is 101 Å². The van der Waals surface area contributed by atoms with Crippen molar-refractivity contribution in [2.75, 3.05) is 6.61 Å². The molecule has 3 nitrogen and oxygen atoms in total. The van der Waals surface area contributed by atoms with Crippen LogP contribution in [0.4, 0.5) is 0 Å². The summed E-state index contributed by atoms with van der Waals surface area (Å²) in [5.74, 6) is -0.137. The minimum Gasteiger partial charge on any atom is -0.457 e. The van der Waals surface area contributed by atoms with Crippen LogP contribution in [0.25, 0.3) is 0 Å². The SMILES string of the molecule is CC(C)(C)CC(C)(C(=O)OC(C)(C)COC(C)(C)C)C(C)(C)C. The highest BCUT2D eigenvalue weighted by Crippen LogP contribution is 2.48. The van der Waals surface area contributed by atoms with Crippen LogP contribution in [0.1, 0.15) is 89.5 Å². The highest BCUT2D eigenvalue weighted by atomic mass is 16.6. The molecule has 0 spiro atoms. The average molecular weight is 329 g/mol. The maximum Gasteiger partial charge on any atom is 0.312 e. The molecule has 0 rings (SSSR count). The summed E-state index contributed by atoms with van der Waals surface area (Å²) in [6.07, 6.45) is 0.776. The molecule has 23 heavy (non-hydrogen) atoms. The molecular formula is C20H40O3. The van der Waals surface area contributed by atoms with Gasteiger partial charge in [-0.1, -0.05) is 41.5 Å². The fourth-order valence-corrected chi connectivity index (χ4v) is 2.49. The molecule has 1 unspecified atom stereocenters. The highest BCUT2D eigenvalue weighted by Gasteiger charge is 2.49. The maximum atomic E-state index is 13.1. The number of carbonyl (C=O) groups is 1. The quantitative estimate of drug-likeness (QED) is 0.615. The fourth-order valence-electron chi connectivity index (χ4n) is 2.49. The van der Waals surface area contributed by atoms with Crippen molar-refractivity contribution in [3.8, 4) is 0 Å². The summed E-state index contributed by atoms with van der Waals surface area (Å²) in [6, 6.07) is 0. The predicted molar refractivity (Wildman–Crippen MR) is 97.5 cm³/mol. The van der Waals surface area contributed by atoms with E-state index in [4.69, 9.17) is 9.47 Å². The lowest BCUT2D eigenvalue weighted by Gasteiger charge is -2.45. The molecule has 0 aromatic carbocycles. The molecule has 0 radical (unpaired) electrons. The van der Waals surface area contributed by atoms with Crippen LogP contribution in [-0.2, 0) is 14.3 Å². The van der Waals surface area contributed by atoms with Crippen LogP contribution in [0.5, 0.6) is 0 Å². The van der Waals surface area contributed by atoms with E-state index >= 15 is 0 Å². The second kappa shape index (κ2) is 6.74. The van der Waals surface area contributed by atoms with Gasteiger partial charge in [-0.15, -0.1) is 0 Å². The summed E-state index contributed by atoms with van der Waals surface area (Å²) >= 11 is 0. The van der Waals surface area contributed by atoms with Gasteiger partial charge >= 0.3 is 5.97 Å². The molecule has 0 N–H and O–H groups in total. The zero-order chi connectivity index (χ0) is 18.9. The molecule has 0 aromatic heterocycles. The van der Waals surface area contributed by atoms with Crippen molar-refractivity contribution in [2.24, 2.45) is 16.2 Å². The average Bonchev–Trinajstić information content (AvgIpc) is 2.21. The first-order chi connectivity index (χ1) is 9.79. The van der Waals surface area contributed by atoms with Crippen molar-refractivity contribution in [1.82, 2.24) is 0 Å². The fraction of sp³-hybridized carbons (Fsp3) is 0.950. The Morgan fingerprint density at radius 3 is 1.52 bits per heavy atom. The third-order valence-electron chi connectivity index (χ3n) is 4.21. The van der Waals surface area contributed by atoms with Gasteiger partial charge in [0.1, 0.15) is 5.60 Å². The first kappa shape index (κ1) is 22.4. The van der Waals surface area contributed by atoms with Crippen LogP contribution in [0, 0.1) is 16.2 Å². The molecule has 0 fully saturated rings. The normalized spacial score (nSPS) is 16.9. The second-order valence-corrected chi connectivity index (χ2v) is 10.9. The van der Waals surface area contributed by atoms with Gasteiger partial charge in [0, 0.05) is 0 Å². The Kier molecular flexibility index (Phi) is 6.57. The predicted octanol–water partition coefficient (Wildman–Crippen LogP) is 5.61. The molecule has 0 aliphatic heterocycles. The first-order valence-electron chi connectivity index (χ1n) is 8.67. The molecule has 138 valence electrons. The van der Waals surface area contributed by atoms with Gasteiger partial charge in [-0.05, 0) is 58.8 Å². The van der Waals surface area contributed by atoms with Crippen molar-refractivity contribution in [1.29, 1.82) is 0 Å².